The van der Waals surface area contributed by atoms with E-state index in [1.807, 2.05) is 34.9 Å². The van der Waals surface area contributed by atoms with Crippen molar-refractivity contribution in [2.45, 2.75) is 6.73 Å². The highest BCUT2D eigenvalue weighted by molar-refractivity contribution is 6.07. The van der Waals surface area contributed by atoms with Crippen LogP contribution in [-0.4, -0.2) is 16.7 Å². The third kappa shape index (κ3) is 1.38. The lowest BCUT2D eigenvalue weighted by atomic mass is 10.2. The van der Waals surface area contributed by atoms with Crippen LogP contribution in [0.25, 0.3) is 21.8 Å². The van der Waals surface area contributed by atoms with E-state index in [4.69, 9.17) is 4.74 Å². The summed E-state index contributed by atoms with van der Waals surface area (Å²) in [5.41, 5.74) is 1.85. The zero-order valence-corrected chi connectivity index (χ0v) is 9.43. The Bertz CT molecular complexity index is 740. The van der Waals surface area contributed by atoms with Crippen molar-refractivity contribution in [2.24, 2.45) is 0 Å². The van der Waals surface area contributed by atoms with E-state index in [1.54, 1.807) is 13.3 Å². The van der Waals surface area contributed by atoms with Crippen LogP contribution in [0.5, 0.6) is 0 Å². The second kappa shape index (κ2) is 3.75. The summed E-state index contributed by atoms with van der Waals surface area (Å²) in [6.07, 6.45) is 1.66. The van der Waals surface area contributed by atoms with Gasteiger partial charge in [-0.1, -0.05) is 18.2 Å². The average Bonchev–Trinajstić information content (AvgIpc) is 2.66. The maximum Gasteiger partial charge on any atom is 0.258 e. The van der Waals surface area contributed by atoms with Crippen LogP contribution in [0.4, 0.5) is 0 Å². The molecule has 1 aromatic carbocycles. The van der Waals surface area contributed by atoms with Gasteiger partial charge in [0.05, 0.1) is 16.4 Å². The number of nitrogens with zero attached hydrogens (tertiary/aromatic N) is 1. The van der Waals surface area contributed by atoms with Gasteiger partial charge in [0.2, 0.25) is 0 Å². The first-order valence-electron chi connectivity index (χ1n) is 5.40. The Morgan fingerprint density at radius 3 is 2.88 bits per heavy atom. The van der Waals surface area contributed by atoms with Gasteiger partial charge in [-0.15, -0.1) is 0 Å². The SMILES string of the molecule is COCn1c2ccccc2c2c(=O)[nH]ccc21. The van der Waals surface area contributed by atoms with Crippen molar-refractivity contribution in [3.8, 4) is 0 Å². The molecule has 2 aromatic heterocycles. The van der Waals surface area contributed by atoms with E-state index in [0.717, 1.165) is 21.8 Å². The minimum atomic E-state index is -0.0615. The van der Waals surface area contributed by atoms with E-state index >= 15 is 0 Å². The molecule has 0 bridgehead atoms. The van der Waals surface area contributed by atoms with Gasteiger partial charge in [0, 0.05) is 18.7 Å². The molecule has 2 heterocycles. The first kappa shape index (κ1) is 10.1. The van der Waals surface area contributed by atoms with Crippen LogP contribution in [0.3, 0.4) is 0 Å². The molecule has 0 aliphatic heterocycles. The number of nitrogens with one attached hydrogen (secondary N) is 1. The number of fused-ring (bicyclic) bond motifs is 3. The summed E-state index contributed by atoms with van der Waals surface area (Å²) in [6.45, 7) is 0.438. The van der Waals surface area contributed by atoms with Gasteiger partial charge in [0.1, 0.15) is 6.73 Å². The van der Waals surface area contributed by atoms with Gasteiger partial charge in [-0.25, -0.2) is 0 Å². The lowest BCUT2D eigenvalue weighted by Crippen LogP contribution is -2.05. The van der Waals surface area contributed by atoms with Crippen molar-refractivity contribution in [3.63, 3.8) is 0 Å². The zero-order valence-electron chi connectivity index (χ0n) is 9.43. The summed E-state index contributed by atoms with van der Waals surface area (Å²) in [5.74, 6) is 0. The van der Waals surface area contributed by atoms with Gasteiger partial charge < -0.3 is 14.3 Å². The van der Waals surface area contributed by atoms with Gasteiger partial charge in [-0.3, -0.25) is 4.79 Å². The third-order valence-corrected chi connectivity index (χ3v) is 2.95. The normalized spacial score (nSPS) is 11.4. The molecule has 4 heteroatoms. The van der Waals surface area contributed by atoms with Crippen molar-refractivity contribution in [1.29, 1.82) is 0 Å². The number of para-hydroxylation sites is 1. The molecule has 0 atom stereocenters. The lowest BCUT2D eigenvalue weighted by molar-refractivity contribution is 0.138. The quantitative estimate of drug-likeness (QED) is 0.730. The van der Waals surface area contributed by atoms with E-state index in [-0.39, 0.29) is 5.56 Å². The van der Waals surface area contributed by atoms with Crippen molar-refractivity contribution in [2.75, 3.05) is 7.11 Å². The maximum absolute atomic E-state index is 11.9. The summed E-state index contributed by atoms with van der Waals surface area (Å²) < 4.78 is 7.19. The number of H-pyrrole nitrogens is 1. The van der Waals surface area contributed by atoms with Crippen LogP contribution < -0.4 is 5.56 Å². The van der Waals surface area contributed by atoms with Crippen molar-refractivity contribution < 1.29 is 4.74 Å². The fraction of sp³-hybridized carbons (Fsp3) is 0.154. The fourth-order valence-corrected chi connectivity index (χ4v) is 2.27. The molecular formula is C13H12N2O2. The first-order valence-corrected chi connectivity index (χ1v) is 5.40. The van der Waals surface area contributed by atoms with Gasteiger partial charge in [-0.05, 0) is 12.1 Å². The number of benzene rings is 1. The molecule has 0 fully saturated rings. The molecule has 17 heavy (non-hydrogen) atoms. The van der Waals surface area contributed by atoms with Crippen LogP contribution in [0.15, 0.2) is 41.3 Å². The van der Waals surface area contributed by atoms with Crippen LogP contribution in [0.2, 0.25) is 0 Å². The van der Waals surface area contributed by atoms with Crippen LogP contribution >= 0.6 is 0 Å². The van der Waals surface area contributed by atoms with Crippen LogP contribution in [0, 0.1) is 0 Å². The number of aromatic amines is 1. The number of hydrogen-bond donors (Lipinski definition) is 1. The Hall–Kier alpha value is -2.07. The molecule has 86 valence electrons. The Kier molecular flexibility index (Phi) is 2.23. The van der Waals surface area contributed by atoms with Gasteiger partial charge in [0.25, 0.3) is 5.56 Å². The number of methoxy groups -OCH3 is 1. The highest BCUT2D eigenvalue weighted by Gasteiger charge is 2.11. The molecule has 3 aromatic rings. The van der Waals surface area contributed by atoms with E-state index < -0.39 is 0 Å². The second-order valence-corrected chi connectivity index (χ2v) is 3.93. The lowest BCUT2D eigenvalue weighted by Gasteiger charge is -2.04. The summed E-state index contributed by atoms with van der Waals surface area (Å²) in [4.78, 5) is 14.6. The van der Waals surface area contributed by atoms with Crippen LogP contribution in [0.1, 0.15) is 0 Å². The number of rotatable bonds is 2. The van der Waals surface area contributed by atoms with Gasteiger partial charge >= 0.3 is 0 Å². The van der Waals surface area contributed by atoms with E-state index in [1.165, 1.54) is 0 Å². The molecule has 0 amide bonds. The minimum Gasteiger partial charge on any atom is -0.364 e. The van der Waals surface area contributed by atoms with Crippen molar-refractivity contribution in [3.05, 3.63) is 46.9 Å². The average molecular weight is 228 g/mol. The molecule has 0 spiro atoms. The van der Waals surface area contributed by atoms with Gasteiger partial charge in [-0.2, -0.15) is 0 Å². The molecule has 3 rings (SSSR count). The van der Waals surface area contributed by atoms with Crippen LogP contribution in [-0.2, 0) is 11.5 Å². The van der Waals surface area contributed by atoms with E-state index in [9.17, 15) is 4.79 Å². The number of hydrogen-bond acceptors (Lipinski definition) is 2. The Labute approximate surface area is 97.4 Å². The predicted octanol–water partition coefficient (Wildman–Crippen LogP) is 2.09. The maximum atomic E-state index is 11.9. The molecule has 1 N–H and O–H groups in total. The highest BCUT2D eigenvalue weighted by Crippen LogP contribution is 2.25. The first-order chi connectivity index (χ1) is 8.33. The second-order valence-electron chi connectivity index (χ2n) is 3.93. The Morgan fingerprint density at radius 2 is 2.06 bits per heavy atom. The van der Waals surface area contributed by atoms with Gasteiger partial charge in [0.15, 0.2) is 0 Å². The monoisotopic (exact) mass is 228 g/mol. The molecular weight excluding hydrogens is 216 g/mol. The third-order valence-electron chi connectivity index (χ3n) is 2.95. The topological polar surface area (TPSA) is 47.0 Å². The molecule has 4 nitrogen and oxygen atoms in total. The smallest absolute Gasteiger partial charge is 0.258 e. The number of aromatic nitrogens is 2. The van der Waals surface area contributed by atoms with E-state index in [2.05, 4.69) is 4.98 Å². The highest BCUT2D eigenvalue weighted by atomic mass is 16.5. The summed E-state index contributed by atoms with van der Waals surface area (Å²) in [5, 5.41) is 1.68. The summed E-state index contributed by atoms with van der Waals surface area (Å²) >= 11 is 0. The van der Waals surface area contributed by atoms with Crippen molar-refractivity contribution >= 4 is 21.8 Å². The standard InChI is InChI=1S/C13H12N2O2/c1-17-8-15-10-5-3-2-4-9(10)12-11(15)6-7-14-13(12)16/h2-7H,8H2,1H3,(H,14,16). The predicted molar refractivity (Wildman–Crippen MR) is 67.1 cm³/mol. The number of pyridine rings is 1. The molecule has 0 aliphatic rings. The summed E-state index contributed by atoms with van der Waals surface area (Å²) in [6, 6.07) is 9.75. The molecule has 0 radical (unpaired) electrons. The Morgan fingerprint density at radius 1 is 1.24 bits per heavy atom. The fourth-order valence-electron chi connectivity index (χ4n) is 2.27. The molecule has 0 aliphatic carbocycles. The molecule has 0 saturated heterocycles. The Balaban J connectivity index is 2.57. The number of ether oxygens (including phenoxy) is 1. The molecule has 0 saturated carbocycles. The zero-order chi connectivity index (χ0) is 11.8. The van der Waals surface area contributed by atoms with Crippen molar-refractivity contribution in [1.82, 2.24) is 9.55 Å². The minimum absolute atomic E-state index is 0.0615. The summed E-state index contributed by atoms with van der Waals surface area (Å²) in [7, 11) is 1.65. The molecule has 0 unspecified atom stereocenters. The largest absolute Gasteiger partial charge is 0.364 e. The van der Waals surface area contributed by atoms with E-state index in [0.29, 0.717) is 6.73 Å².